The van der Waals surface area contributed by atoms with E-state index >= 15 is 0 Å². The molecule has 1 aromatic carbocycles. The number of amidine groups is 1. The first-order valence-corrected chi connectivity index (χ1v) is 10.0. The molecule has 0 aliphatic carbocycles. The van der Waals surface area contributed by atoms with Crippen LogP contribution < -0.4 is 4.74 Å². The first kappa shape index (κ1) is 19.9. The standard InChI is InChI=1S/C23H20FN5O3/c1-29(2)13-27-22-28-23(7-9-31-22)17-10-14(16-4-3-8-25-20(16)24)5-6-19(17)32-21-18(23)11-15(30)12-26-21/h3-6,8,10-13,30H,7,9H2,1-2H3/t23-/m0/s1. The number of halogens is 1. The SMILES string of the molecule is CN(C)C=NC1=N[C@@]2(CCO1)c1cc(-c3cccnc3F)ccc1Oc1ncc(O)cc12. The van der Waals surface area contributed by atoms with Crippen molar-refractivity contribution in [2.75, 3.05) is 20.7 Å². The fourth-order valence-electron chi connectivity index (χ4n) is 3.94. The van der Waals surface area contributed by atoms with Gasteiger partial charge in [-0.3, -0.25) is 0 Å². The number of hydrogen-bond donors (Lipinski definition) is 1. The molecule has 32 heavy (non-hydrogen) atoms. The van der Waals surface area contributed by atoms with Gasteiger partial charge in [-0.15, -0.1) is 0 Å². The van der Waals surface area contributed by atoms with Crippen molar-refractivity contribution in [2.45, 2.75) is 12.0 Å². The highest BCUT2D eigenvalue weighted by molar-refractivity contribution is 5.84. The van der Waals surface area contributed by atoms with E-state index in [1.807, 2.05) is 20.2 Å². The fraction of sp³-hybridized carbons (Fsp3) is 0.217. The van der Waals surface area contributed by atoms with Crippen LogP contribution in [0.15, 0.2) is 58.8 Å². The number of benzene rings is 1. The zero-order chi connectivity index (χ0) is 22.3. The average molecular weight is 433 g/mol. The Hall–Kier alpha value is -4.01. The molecule has 4 heterocycles. The molecule has 0 saturated carbocycles. The number of nitrogens with zero attached hydrogens (tertiary/aromatic N) is 5. The van der Waals surface area contributed by atoms with Crippen LogP contribution in [0.5, 0.6) is 17.4 Å². The van der Waals surface area contributed by atoms with Crippen LogP contribution in [-0.4, -0.2) is 53.0 Å². The van der Waals surface area contributed by atoms with Crippen LogP contribution in [0.4, 0.5) is 4.39 Å². The van der Waals surface area contributed by atoms with Gasteiger partial charge in [0.15, 0.2) is 0 Å². The van der Waals surface area contributed by atoms with Gasteiger partial charge >= 0.3 is 6.02 Å². The summed E-state index contributed by atoms with van der Waals surface area (Å²) in [6.07, 6.45) is 4.79. The van der Waals surface area contributed by atoms with Crippen LogP contribution in [0.2, 0.25) is 0 Å². The van der Waals surface area contributed by atoms with Crippen LogP contribution in [0.1, 0.15) is 17.5 Å². The predicted molar refractivity (Wildman–Crippen MR) is 117 cm³/mol. The Kier molecular flexibility index (Phi) is 4.73. The van der Waals surface area contributed by atoms with Gasteiger partial charge in [0.05, 0.1) is 24.7 Å². The van der Waals surface area contributed by atoms with Gasteiger partial charge < -0.3 is 19.5 Å². The molecule has 0 amide bonds. The largest absolute Gasteiger partial charge is 0.506 e. The maximum absolute atomic E-state index is 14.4. The number of fused-ring (bicyclic) bond motifs is 4. The van der Waals surface area contributed by atoms with Crippen molar-refractivity contribution in [3.05, 3.63) is 65.9 Å². The van der Waals surface area contributed by atoms with E-state index in [0.29, 0.717) is 46.9 Å². The van der Waals surface area contributed by atoms with E-state index in [1.165, 1.54) is 12.4 Å². The number of hydrogen-bond acceptors (Lipinski definition) is 7. The lowest BCUT2D eigenvalue weighted by Crippen LogP contribution is -2.36. The van der Waals surface area contributed by atoms with E-state index in [0.717, 1.165) is 0 Å². The summed E-state index contributed by atoms with van der Waals surface area (Å²) in [6.45, 7) is 0.337. The third kappa shape index (κ3) is 3.31. The normalized spacial score (nSPS) is 19.0. The van der Waals surface area contributed by atoms with E-state index in [2.05, 4.69) is 15.0 Å². The molecular formula is C23H20FN5O3. The summed E-state index contributed by atoms with van der Waals surface area (Å²) < 4.78 is 26.1. The van der Waals surface area contributed by atoms with Gasteiger partial charge in [-0.1, -0.05) is 6.07 Å². The quantitative estimate of drug-likeness (QED) is 0.376. The van der Waals surface area contributed by atoms with E-state index < -0.39 is 11.5 Å². The molecular weight excluding hydrogens is 413 g/mol. The second kappa shape index (κ2) is 7.60. The summed E-state index contributed by atoms with van der Waals surface area (Å²) in [5.74, 6) is 0.317. The van der Waals surface area contributed by atoms with Crippen LogP contribution in [0.25, 0.3) is 11.1 Å². The van der Waals surface area contributed by atoms with Gasteiger partial charge in [-0.2, -0.15) is 9.38 Å². The summed E-state index contributed by atoms with van der Waals surface area (Å²) in [6, 6.07) is 10.5. The lowest BCUT2D eigenvalue weighted by Gasteiger charge is -2.38. The molecule has 0 radical (unpaired) electrons. The van der Waals surface area contributed by atoms with Crippen LogP contribution in [0, 0.1) is 5.95 Å². The Morgan fingerprint density at radius 2 is 2.06 bits per heavy atom. The Balaban J connectivity index is 1.74. The second-order valence-electron chi connectivity index (χ2n) is 7.76. The second-order valence-corrected chi connectivity index (χ2v) is 7.76. The highest BCUT2D eigenvalue weighted by Crippen LogP contribution is 2.52. The molecule has 0 bridgehead atoms. The Labute approximate surface area is 183 Å². The minimum absolute atomic E-state index is 0.00957. The molecule has 1 spiro atoms. The number of pyridine rings is 2. The van der Waals surface area contributed by atoms with Gasteiger partial charge in [-0.25, -0.2) is 15.0 Å². The summed E-state index contributed by atoms with van der Waals surface area (Å²) in [4.78, 5) is 19.0. The van der Waals surface area contributed by atoms with Crippen molar-refractivity contribution in [3.63, 3.8) is 0 Å². The van der Waals surface area contributed by atoms with Gasteiger partial charge in [0.2, 0.25) is 11.8 Å². The maximum Gasteiger partial charge on any atom is 0.314 e. The molecule has 1 N–H and O–H groups in total. The van der Waals surface area contributed by atoms with Crippen molar-refractivity contribution in [1.29, 1.82) is 0 Å². The predicted octanol–water partition coefficient (Wildman–Crippen LogP) is 3.70. The summed E-state index contributed by atoms with van der Waals surface area (Å²) >= 11 is 0. The van der Waals surface area contributed by atoms with Crippen molar-refractivity contribution in [2.24, 2.45) is 9.98 Å². The van der Waals surface area contributed by atoms with E-state index in [-0.39, 0.29) is 11.8 Å². The molecule has 8 nitrogen and oxygen atoms in total. The van der Waals surface area contributed by atoms with Gasteiger partial charge in [0, 0.05) is 37.8 Å². The van der Waals surface area contributed by atoms with E-state index in [4.69, 9.17) is 14.5 Å². The fourth-order valence-corrected chi connectivity index (χ4v) is 3.94. The lowest BCUT2D eigenvalue weighted by molar-refractivity contribution is 0.218. The minimum atomic E-state index is -0.972. The van der Waals surface area contributed by atoms with Crippen LogP contribution in [0.3, 0.4) is 0 Å². The number of aromatic hydroxyl groups is 1. The number of rotatable bonds is 2. The highest BCUT2D eigenvalue weighted by atomic mass is 19.1. The van der Waals surface area contributed by atoms with Crippen LogP contribution >= 0.6 is 0 Å². The molecule has 3 aromatic rings. The summed E-state index contributed by atoms with van der Waals surface area (Å²) in [5.41, 5.74) is 1.33. The third-order valence-electron chi connectivity index (χ3n) is 5.36. The molecule has 162 valence electrons. The van der Waals surface area contributed by atoms with E-state index in [9.17, 15) is 9.50 Å². The molecule has 2 aromatic heterocycles. The Morgan fingerprint density at radius 1 is 1.19 bits per heavy atom. The average Bonchev–Trinajstić information content (AvgIpc) is 2.79. The molecule has 2 aliphatic heterocycles. The van der Waals surface area contributed by atoms with Gasteiger partial charge in [0.1, 0.15) is 17.0 Å². The van der Waals surface area contributed by atoms with Crippen molar-refractivity contribution < 1.29 is 19.0 Å². The summed E-state index contributed by atoms with van der Waals surface area (Å²) in [5, 5.41) is 10.2. The van der Waals surface area contributed by atoms with Gasteiger partial charge in [0.25, 0.3) is 0 Å². The van der Waals surface area contributed by atoms with Crippen molar-refractivity contribution in [3.8, 4) is 28.5 Å². The first-order valence-electron chi connectivity index (χ1n) is 10.0. The van der Waals surface area contributed by atoms with Crippen LogP contribution in [-0.2, 0) is 10.3 Å². The molecule has 0 saturated heterocycles. The van der Waals surface area contributed by atoms with Crippen molar-refractivity contribution in [1.82, 2.24) is 14.9 Å². The number of aliphatic imine (C=N–C) groups is 2. The monoisotopic (exact) mass is 433 g/mol. The third-order valence-corrected chi connectivity index (χ3v) is 5.36. The zero-order valence-electron chi connectivity index (χ0n) is 17.5. The maximum atomic E-state index is 14.4. The first-order chi connectivity index (χ1) is 15.5. The molecule has 5 rings (SSSR count). The smallest absolute Gasteiger partial charge is 0.314 e. The van der Waals surface area contributed by atoms with Crippen molar-refractivity contribution >= 4 is 12.4 Å². The van der Waals surface area contributed by atoms with E-state index in [1.54, 1.807) is 41.6 Å². The van der Waals surface area contributed by atoms with Gasteiger partial charge in [-0.05, 0) is 35.9 Å². The number of ether oxygens (including phenoxy) is 2. The molecule has 1 atom stereocenters. The summed E-state index contributed by atoms with van der Waals surface area (Å²) in [7, 11) is 3.69. The molecule has 0 fully saturated rings. The lowest BCUT2D eigenvalue weighted by atomic mass is 9.78. The number of aromatic nitrogens is 2. The topological polar surface area (TPSA) is 92.4 Å². The zero-order valence-corrected chi connectivity index (χ0v) is 17.5. The molecule has 0 unspecified atom stereocenters. The Bertz CT molecular complexity index is 1260. The Morgan fingerprint density at radius 3 is 2.88 bits per heavy atom. The minimum Gasteiger partial charge on any atom is -0.506 e. The molecule has 2 aliphatic rings. The molecule has 9 heteroatoms. The highest BCUT2D eigenvalue weighted by Gasteiger charge is 2.46.